The zero-order valence-electron chi connectivity index (χ0n) is 8.79. The first-order chi connectivity index (χ1) is 6.79. The largest absolute Gasteiger partial charge is 0.352 e. The predicted molar refractivity (Wildman–Crippen MR) is 54.2 cm³/mol. The summed E-state index contributed by atoms with van der Waals surface area (Å²) in [6.07, 6.45) is 2.32. The molecule has 14 heavy (non-hydrogen) atoms. The lowest BCUT2D eigenvalue weighted by atomic mass is 10.1. The van der Waals surface area contributed by atoms with E-state index in [4.69, 9.17) is 0 Å². The molecule has 1 N–H and O–H groups in total. The van der Waals surface area contributed by atoms with Gasteiger partial charge in [0.15, 0.2) is 0 Å². The summed E-state index contributed by atoms with van der Waals surface area (Å²) in [4.78, 5) is 19.3. The molecule has 1 amide bonds. The molecule has 1 aromatic heterocycles. The van der Waals surface area contributed by atoms with E-state index in [0.29, 0.717) is 12.1 Å². The number of nitrogens with one attached hydrogen (secondary N) is 1. The van der Waals surface area contributed by atoms with Crippen molar-refractivity contribution in [2.45, 2.75) is 27.2 Å². The Labute approximate surface area is 83.8 Å². The first-order valence-corrected chi connectivity index (χ1v) is 4.87. The SMILES string of the molecule is CC.Cc1ncnc2c1C(=O)NCC2. The van der Waals surface area contributed by atoms with Crippen LogP contribution < -0.4 is 5.32 Å². The summed E-state index contributed by atoms with van der Waals surface area (Å²) in [5, 5.41) is 2.76. The van der Waals surface area contributed by atoms with E-state index >= 15 is 0 Å². The first kappa shape index (κ1) is 10.6. The van der Waals surface area contributed by atoms with Crippen LogP contribution in [0.15, 0.2) is 6.33 Å². The Bertz CT molecular complexity index is 336. The number of fused-ring (bicyclic) bond motifs is 1. The Hall–Kier alpha value is -1.45. The summed E-state index contributed by atoms with van der Waals surface area (Å²) in [5.74, 6) is -0.0469. The van der Waals surface area contributed by atoms with E-state index in [-0.39, 0.29) is 5.91 Å². The van der Waals surface area contributed by atoms with Gasteiger partial charge in [0, 0.05) is 13.0 Å². The van der Waals surface area contributed by atoms with Gasteiger partial charge in [-0.25, -0.2) is 9.97 Å². The Morgan fingerprint density at radius 2 is 2.07 bits per heavy atom. The van der Waals surface area contributed by atoms with Gasteiger partial charge in [0.1, 0.15) is 6.33 Å². The molecule has 0 bridgehead atoms. The molecule has 0 saturated heterocycles. The minimum absolute atomic E-state index is 0.0469. The van der Waals surface area contributed by atoms with Crippen molar-refractivity contribution < 1.29 is 4.79 Å². The fourth-order valence-electron chi connectivity index (χ4n) is 1.39. The van der Waals surface area contributed by atoms with E-state index in [1.807, 2.05) is 20.8 Å². The van der Waals surface area contributed by atoms with Gasteiger partial charge < -0.3 is 5.32 Å². The molecule has 0 spiro atoms. The molecular weight excluding hydrogens is 178 g/mol. The number of amides is 1. The third kappa shape index (κ3) is 1.89. The Morgan fingerprint density at radius 1 is 1.36 bits per heavy atom. The van der Waals surface area contributed by atoms with Gasteiger partial charge in [-0.15, -0.1) is 0 Å². The van der Waals surface area contributed by atoms with Crippen LogP contribution in [0, 0.1) is 6.92 Å². The maximum absolute atomic E-state index is 11.3. The third-order valence-corrected chi connectivity index (χ3v) is 1.99. The number of hydrogen-bond donors (Lipinski definition) is 1. The van der Waals surface area contributed by atoms with Crippen molar-refractivity contribution >= 4 is 5.91 Å². The number of rotatable bonds is 0. The van der Waals surface area contributed by atoms with Crippen molar-refractivity contribution in [3.8, 4) is 0 Å². The Balaban J connectivity index is 0.000000461. The average molecular weight is 193 g/mol. The molecular formula is C10H15N3O. The number of hydrogen-bond acceptors (Lipinski definition) is 3. The molecule has 0 aromatic carbocycles. The number of aryl methyl sites for hydroxylation is 1. The number of carbonyl (C=O) groups excluding carboxylic acids is 1. The third-order valence-electron chi connectivity index (χ3n) is 1.99. The molecule has 0 radical (unpaired) electrons. The zero-order chi connectivity index (χ0) is 10.6. The summed E-state index contributed by atoms with van der Waals surface area (Å²) in [6, 6.07) is 0. The van der Waals surface area contributed by atoms with Crippen molar-refractivity contribution in [3.63, 3.8) is 0 Å². The van der Waals surface area contributed by atoms with E-state index < -0.39 is 0 Å². The average Bonchev–Trinajstić information content (AvgIpc) is 2.21. The van der Waals surface area contributed by atoms with Gasteiger partial charge in [0.25, 0.3) is 5.91 Å². The quantitative estimate of drug-likeness (QED) is 0.671. The molecule has 0 aliphatic carbocycles. The highest BCUT2D eigenvalue weighted by Crippen LogP contribution is 2.12. The van der Waals surface area contributed by atoms with E-state index in [0.717, 1.165) is 17.8 Å². The van der Waals surface area contributed by atoms with Crippen LogP contribution >= 0.6 is 0 Å². The number of nitrogens with zero attached hydrogens (tertiary/aromatic N) is 2. The van der Waals surface area contributed by atoms with Crippen LogP contribution in [0.1, 0.15) is 35.6 Å². The second kappa shape index (κ2) is 4.69. The van der Waals surface area contributed by atoms with Crippen LogP contribution in [0.5, 0.6) is 0 Å². The molecule has 4 nitrogen and oxygen atoms in total. The topological polar surface area (TPSA) is 54.9 Å². The maximum Gasteiger partial charge on any atom is 0.254 e. The Morgan fingerprint density at radius 3 is 2.71 bits per heavy atom. The summed E-state index contributed by atoms with van der Waals surface area (Å²) in [7, 11) is 0. The van der Waals surface area contributed by atoms with Crippen LogP contribution in [-0.2, 0) is 6.42 Å². The summed E-state index contributed by atoms with van der Waals surface area (Å²) in [5.41, 5.74) is 2.28. The highest BCUT2D eigenvalue weighted by Gasteiger charge is 2.19. The summed E-state index contributed by atoms with van der Waals surface area (Å²) < 4.78 is 0. The monoisotopic (exact) mass is 193 g/mol. The second-order valence-corrected chi connectivity index (χ2v) is 2.79. The standard InChI is InChI=1S/C8H9N3O.C2H6/c1-5-7-6(11-4-10-5)2-3-9-8(7)12;1-2/h4H,2-3H2,1H3,(H,9,12);1-2H3. The molecule has 0 unspecified atom stereocenters. The van der Waals surface area contributed by atoms with Gasteiger partial charge in [-0.05, 0) is 6.92 Å². The molecule has 0 fully saturated rings. The smallest absolute Gasteiger partial charge is 0.254 e. The highest BCUT2D eigenvalue weighted by atomic mass is 16.1. The maximum atomic E-state index is 11.3. The zero-order valence-corrected chi connectivity index (χ0v) is 8.79. The molecule has 1 aliphatic heterocycles. The first-order valence-electron chi connectivity index (χ1n) is 4.87. The van der Waals surface area contributed by atoms with E-state index in [1.165, 1.54) is 6.33 Å². The van der Waals surface area contributed by atoms with Crippen molar-refractivity contribution in [1.82, 2.24) is 15.3 Å². The normalized spacial score (nSPS) is 13.5. The van der Waals surface area contributed by atoms with Gasteiger partial charge in [0.2, 0.25) is 0 Å². The van der Waals surface area contributed by atoms with E-state index in [2.05, 4.69) is 15.3 Å². The summed E-state index contributed by atoms with van der Waals surface area (Å²) >= 11 is 0. The predicted octanol–water partition coefficient (Wildman–Crippen LogP) is 1.10. The van der Waals surface area contributed by atoms with E-state index in [1.54, 1.807) is 0 Å². The van der Waals surface area contributed by atoms with Crippen LogP contribution in [0.2, 0.25) is 0 Å². The molecule has 1 aromatic rings. The van der Waals surface area contributed by atoms with Gasteiger partial charge in [-0.1, -0.05) is 13.8 Å². The fraction of sp³-hybridized carbons (Fsp3) is 0.500. The molecule has 2 rings (SSSR count). The van der Waals surface area contributed by atoms with Crippen LogP contribution in [0.4, 0.5) is 0 Å². The lowest BCUT2D eigenvalue weighted by molar-refractivity contribution is 0.0943. The Kier molecular flexibility index (Phi) is 3.56. The van der Waals surface area contributed by atoms with Crippen molar-refractivity contribution in [2.75, 3.05) is 6.54 Å². The number of carbonyl (C=O) groups is 1. The minimum atomic E-state index is -0.0469. The number of aromatic nitrogens is 2. The van der Waals surface area contributed by atoms with Crippen LogP contribution in [0.25, 0.3) is 0 Å². The van der Waals surface area contributed by atoms with E-state index in [9.17, 15) is 4.79 Å². The van der Waals surface area contributed by atoms with Crippen molar-refractivity contribution in [3.05, 3.63) is 23.3 Å². The van der Waals surface area contributed by atoms with Gasteiger partial charge in [-0.3, -0.25) is 4.79 Å². The lowest BCUT2D eigenvalue weighted by Gasteiger charge is -2.15. The summed E-state index contributed by atoms with van der Waals surface area (Å²) in [6.45, 7) is 6.51. The molecule has 4 heteroatoms. The molecule has 2 heterocycles. The second-order valence-electron chi connectivity index (χ2n) is 2.79. The molecule has 0 saturated carbocycles. The fourth-order valence-corrected chi connectivity index (χ4v) is 1.39. The van der Waals surface area contributed by atoms with Gasteiger partial charge in [0.05, 0.1) is 17.0 Å². The van der Waals surface area contributed by atoms with Gasteiger partial charge >= 0.3 is 0 Å². The van der Waals surface area contributed by atoms with Crippen LogP contribution in [-0.4, -0.2) is 22.4 Å². The van der Waals surface area contributed by atoms with Crippen LogP contribution in [0.3, 0.4) is 0 Å². The molecule has 0 atom stereocenters. The van der Waals surface area contributed by atoms with Crippen molar-refractivity contribution in [1.29, 1.82) is 0 Å². The van der Waals surface area contributed by atoms with Crippen molar-refractivity contribution in [2.24, 2.45) is 0 Å². The molecule has 1 aliphatic rings. The molecule has 76 valence electrons. The lowest BCUT2D eigenvalue weighted by Crippen LogP contribution is -2.33. The highest BCUT2D eigenvalue weighted by molar-refractivity contribution is 5.97. The van der Waals surface area contributed by atoms with Gasteiger partial charge in [-0.2, -0.15) is 0 Å². The minimum Gasteiger partial charge on any atom is -0.352 e.